The minimum absolute atomic E-state index is 0.285. The lowest BCUT2D eigenvalue weighted by Gasteiger charge is -2.43. The van der Waals surface area contributed by atoms with Crippen molar-refractivity contribution < 1.29 is 4.79 Å². The van der Waals surface area contributed by atoms with Crippen LogP contribution in [0.2, 0.25) is 0 Å². The molecule has 3 aliphatic rings. The summed E-state index contributed by atoms with van der Waals surface area (Å²) in [5.41, 5.74) is 8.60. The fourth-order valence-corrected chi connectivity index (χ4v) is 4.87. The van der Waals surface area contributed by atoms with E-state index in [1.807, 2.05) is 11.8 Å². The molecule has 3 rings (SSSR count). The van der Waals surface area contributed by atoms with Gasteiger partial charge in [0.25, 0.3) is 0 Å². The summed E-state index contributed by atoms with van der Waals surface area (Å²) in [6.07, 6.45) is 7.10. The van der Waals surface area contributed by atoms with Gasteiger partial charge in [0, 0.05) is 68.1 Å². The van der Waals surface area contributed by atoms with Crippen molar-refractivity contribution in [3.63, 3.8) is 0 Å². The van der Waals surface area contributed by atoms with E-state index in [1.165, 1.54) is 29.7 Å². The van der Waals surface area contributed by atoms with Crippen LogP contribution in [0, 0.1) is 0 Å². The van der Waals surface area contributed by atoms with Crippen molar-refractivity contribution in [3.8, 4) is 0 Å². The third-order valence-electron chi connectivity index (χ3n) is 6.01. The van der Waals surface area contributed by atoms with Crippen LogP contribution >= 0.6 is 11.8 Å². The molecule has 0 spiro atoms. The molecule has 0 aromatic rings. The van der Waals surface area contributed by atoms with E-state index in [1.54, 1.807) is 0 Å². The second-order valence-corrected chi connectivity index (χ2v) is 8.90. The van der Waals surface area contributed by atoms with Gasteiger partial charge in [-0.05, 0) is 26.7 Å². The highest BCUT2D eigenvalue weighted by atomic mass is 32.2. The van der Waals surface area contributed by atoms with E-state index < -0.39 is 0 Å². The van der Waals surface area contributed by atoms with Gasteiger partial charge in [-0.15, -0.1) is 11.8 Å². The first-order valence-corrected chi connectivity index (χ1v) is 11.0. The van der Waals surface area contributed by atoms with Gasteiger partial charge in [0.2, 0.25) is 5.91 Å². The summed E-state index contributed by atoms with van der Waals surface area (Å²) in [7, 11) is 0. The van der Waals surface area contributed by atoms with E-state index in [-0.39, 0.29) is 5.91 Å². The van der Waals surface area contributed by atoms with Crippen molar-refractivity contribution in [2.45, 2.75) is 45.6 Å². The molecule has 2 heterocycles. The molecule has 1 aliphatic carbocycles. The molecule has 2 fully saturated rings. The third-order valence-corrected chi connectivity index (χ3v) is 7.35. The molecule has 0 bridgehead atoms. The number of piperazine rings is 1. The highest BCUT2D eigenvalue weighted by Gasteiger charge is 2.30. The molecule has 26 heavy (non-hydrogen) atoms. The Morgan fingerprint density at radius 2 is 1.96 bits per heavy atom. The number of amides is 1. The normalized spacial score (nSPS) is 24.1. The van der Waals surface area contributed by atoms with Crippen LogP contribution in [-0.4, -0.2) is 78.2 Å². The van der Waals surface area contributed by atoms with Crippen LogP contribution in [-0.2, 0) is 4.79 Å². The average molecular weight is 379 g/mol. The lowest BCUT2D eigenvalue weighted by atomic mass is 9.91. The zero-order valence-corrected chi connectivity index (χ0v) is 17.2. The van der Waals surface area contributed by atoms with Gasteiger partial charge in [-0.3, -0.25) is 14.6 Å². The molecule has 0 aromatic carbocycles. The molecule has 0 radical (unpaired) electrons. The minimum Gasteiger partial charge on any atom is -0.401 e. The van der Waals surface area contributed by atoms with Gasteiger partial charge in [-0.1, -0.05) is 18.1 Å². The fraction of sp³-hybridized carbons (Fsp3) is 0.750. The first kappa shape index (κ1) is 19.8. The predicted octanol–water partition coefficient (Wildman–Crippen LogP) is 2.26. The molecular weight excluding hydrogens is 344 g/mol. The molecule has 0 unspecified atom stereocenters. The summed E-state index contributed by atoms with van der Waals surface area (Å²) in [5.74, 6) is 1.27. The number of thioether (sulfide) groups is 1. The summed E-state index contributed by atoms with van der Waals surface area (Å²) in [5, 5.41) is 0. The fourth-order valence-electron chi connectivity index (χ4n) is 3.74. The number of nitrogens with two attached hydrogens (primary N) is 1. The maximum atomic E-state index is 12.7. The first-order chi connectivity index (χ1) is 12.6. The number of carbonyl (C=O) groups excluding carboxylic acids is 1. The Morgan fingerprint density at radius 3 is 2.58 bits per heavy atom. The summed E-state index contributed by atoms with van der Waals surface area (Å²) in [4.78, 5) is 20.9. The molecule has 0 atom stereocenters. The van der Waals surface area contributed by atoms with E-state index in [9.17, 15) is 4.79 Å². The molecule has 1 amide bonds. The van der Waals surface area contributed by atoms with Gasteiger partial charge in [0.05, 0.1) is 6.54 Å². The Morgan fingerprint density at radius 1 is 1.23 bits per heavy atom. The van der Waals surface area contributed by atoms with Crippen LogP contribution in [0.3, 0.4) is 0 Å². The molecule has 0 aromatic heterocycles. The standard InChI is InChI=1S/C20H34N4OS/c1-3-16(2)15-26-19-13-22(8-7-18(19)21)14-20(25)24-11-9-23(10-12-24)17-5-4-6-17/h3,17H,4-15,21H2,1-2H3/b16-3+. The molecule has 1 saturated heterocycles. The second-order valence-electron chi connectivity index (χ2n) is 7.83. The van der Waals surface area contributed by atoms with Crippen molar-refractivity contribution in [1.29, 1.82) is 0 Å². The van der Waals surface area contributed by atoms with Gasteiger partial charge < -0.3 is 10.6 Å². The van der Waals surface area contributed by atoms with Gasteiger partial charge in [0.1, 0.15) is 0 Å². The first-order valence-electron chi connectivity index (χ1n) is 10.0. The molecule has 5 nitrogen and oxygen atoms in total. The quantitative estimate of drug-likeness (QED) is 0.719. The lowest BCUT2D eigenvalue weighted by molar-refractivity contribution is -0.134. The topological polar surface area (TPSA) is 52.8 Å². The largest absolute Gasteiger partial charge is 0.401 e. The summed E-state index contributed by atoms with van der Waals surface area (Å²) in [6.45, 7) is 10.4. The predicted molar refractivity (Wildman–Crippen MR) is 110 cm³/mol. The van der Waals surface area contributed by atoms with Crippen LogP contribution in [0.25, 0.3) is 0 Å². The maximum Gasteiger partial charge on any atom is 0.236 e. The van der Waals surface area contributed by atoms with Crippen LogP contribution in [0.1, 0.15) is 39.5 Å². The molecule has 146 valence electrons. The Labute approximate surface area is 162 Å². The van der Waals surface area contributed by atoms with Crippen LogP contribution < -0.4 is 5.73 Å². The molecule has 2 aliphatic heterocycles. The molecule has 6 heteroatoms. The van der Waals surface area contributed by atoms with E-state index in [0.29, 0.717) is 6.54 Å². The number of nitrogens with zero attached hydrogens (tertiary/aromatic N) is 3. The number of carbonyl (C=O) groups is 1. The van der Waals surface area contributed by atoms with Crippen molar-refractivity contribution in [2.75, 3.05) is 51.6 Å². The maximum absolute atomic E-state index is 12.7. The molecular formula is C20H34N4OS. The Bertz CT molecular complexity index is 562. The van der Waals surface area contributed by atoms with Crippen molar-refractivity contribution in [1.82, 2.24) is 14.7 Å². The third kappa shape index (κ3) is 5.05. The Balaban J connectivity index is 1.44. The number of allylic oxidation sites excluding steroid dienone is 1. The lowest BCUT2D eigenvalue weighted by Crippen LogP contribution is -2.55. The second kappa shape index (κ2) is 9.29. The van der Waals surface area contributed by atoms with Gasteiger partial charge in [0.15, 0.2) is 0 Å². The van der Waals surface area contributed by atoms with Crippen LogP contribution in [0.4, 0.5) is 0 Å². The van der Waals surface area contributed by atoms with Crippen molar-refractivity contribution >= 4 is 17.7 Å². The van der Waals surface area contributed by atoms with Crippen LogP contribution in [0.5, 0.6) is 0 Å². The van der Waals surface area contributed by atoms with Crippen LogP contribution in [0.15, 0.2) is 22.3 Å². The summed E-state index contributed by atoms with van der Waals surface area (Å²) in [6, 6.07) is 0.794. The Hall–Kier alpha value is -0.980. The number of hydrogen-bond acceptors (Lipinski definition) is 5. The van der Waals surface area contributed by atoms with Crippen molar-refractivity contribution in [2.24, 2.45) is 5.73 Å². The number of rotatable bonds is 6. The average Bonchev–Trinajstić information content (AvgIpc) is 2.61. The zero-order chi connectivity index (χ0) is 18.5. The van der Waals surface area contributed by atoms with Gasteiger partial charge in [-0.25, -0.2) is 0 Å². The smallest absolute Gasteiger partial charge is 0.236 e. The number of hydrogen-bond donors (Lipinski definition) is 1. The van der Waals surface area contributed by atoms with E-state index in [2.05, 4.69) is 34.6 Å². The summed E-state index contributed by atoms with van der Waals surface area (Å²) >= 11 is 1.83. The van der Waals surface area contributed by atoms with E-state index >= 15 is 0 Å². The van der Waals surface area contributed by atoms with Crippen molar-refractivity contribution in [3.05, 3.63) is 22.3 Å². The monoisotopic (exact) mass is 378 g/mol. The molecule has 1 saturated carbocycles. The van der Waals surface area contributed by atoms with Gasteiger partial charge >= 0.3 is 0 Å². The SMILES string of the molecule is C/C=C(\C)CSC1=C(N)CCN(CC(=O)N2CCN(C3CCC3)CC2)C1. The highest BCUT2D eigenvalue weighted by Crippen LogP contribution is 2.27. The minimum atomic E-state index is 0.285. The molecule has 2 N–H and O–H groups in total. The Kier molecular flexibility index (Phi) is 7.06. The van der Waals surface area contributed by atoms with Gasteiger partial charge in [-0.2, -0.15) is 0 Å². The zero-order valence-electron chi connectivity index (χ0n) is 16.4. The summed E-state index contributed by atoms with van der Waals surface area (Å²) < 4.78 is 0. The highest BCUT2D eigenvalue weighted by molar-refractivity contribution is 8.03. The van der Waals surface area contributed by atoms with E-state index in [0.717, 1.165) is 63.2 Å². The van der Waals surface area contributed by atoms with E-state index in [4.69, 9.17) is 5.73 Å².